The number of aryl methyl sites for hydroxylation is 1. The summed E-state index contributed by atoms with van der Waals surface area (Å²) in [5.74, 6) is 0.893. The Morgan fingerprint density at radius 3 is 2.82 bits per heavy atom. The van der Waals surface area contributed by atoms with Crippen molar-refractivity contribution in [3.8, 4) is 5.75 Å². The Morgan fingerprint density at radius 1 is 1.29 bits per heavy atom. The maximum atomic E-state index is 13.2. The molecule has 1 saturated heterocycles. The van der Waals surface area contributed by atoms with E-state index >= 15 is 0 Å². The van der Waals surface area contributed by atoms with Gasteiger partial charge in [-0.05, 0) is 38.0 Å². The molecule has 0 spiro atoms. The van der Waals surface area contributed by atoms with Gasteiger partial charge in [0, 0.05) is 19.5 Å². The first kappa shape index (κ1) is 18.9. The number of benzene rings is 1. The molecule has 3 heterocycles. The molecule has 1 fully saturated rings. The molecule has 9 nitrogen and oxygen atoms in total. The van der Waals surface area contributed by atoms with Crippen molar-refractivity contribution in [2.45, 2.75) is 50.6 Å². The van der Waals surface area contributed by atoms with E-state index in [1.807, 2.05) is 6.92 Å². The third-order valence-corrected chi connectivity index (χ3v) is 7.10. The van der Waals surface area contributed by atoms with Crippen LogP contribution in [0.25, 0.3) is 0 Å². The molecule has 0 saturated carbocycles. The highest BCUT2D eigenvalue weighted by atomic mass is 32.2. The van der Waals surface area contributed by atoms with Crippen molar-refractivity contribution in [2.75, 3.05) is 18.1 Å². The van der Waals surface area contributed by atoms with Crippen LogP contribution in [0.5, 0.6) is 5.75 Å². The second-order valence-corrected chi connectivity index (χ2v) is 8.98. The van der Waals surface area contributed by atoms with E-state index in [4.69, 9.17) is 9.26 Å². The number of fused-ring (bicyclic) bond motifs is 1. The van der Waals surface area contributed by atoms with Crippen molar-refractivity contribution < 1.29 is 22.5 Å². The van der Waals surface area contributed by atoms with Crippen molar-refractivity contribution in [1.82, 2.24) is 14.4 Å². The summed E-state index contributed by atoms with van der Waals surface area (Å²) < 4.78 is 38.3. The highest BCUT2D eigenvalue weighted by Crippen LogP contribution is 2.36. The molecule has 2 aliphatic heterocycles. The van der Waals surface area contributed by atoms with Crippen LogP contribution in [0, 0.1) is 6.92 Å². The number of carbonyl (C=O) groups excluding carboxylic acids is 1. The molecule has 1 unspecified atom stereocenters. The molecule has 1 aromatic heterocycles. The number of hydrogen-bond acceptors (Lipinski definition) is 7. The molecule has 1 aromatic carbocycles. The van der Waals surface area contributed by atoms with E-state index in [9.17, 15) is 13.2 Å². The second-order valence-electron chi connectivity index (χ2n) is 7.09. The zero-order valence-corrected chi connectivity index (χ0v) is 16.6. The van der Waals surface area contributed by atoms with Gasteiger partial charge in [-0.25, -0.2) is 8.42 Å². The molecule has 0 aliphatic carbocycles. The predicted octanol–water partition coefficient (Wildman–Crippen LogP) is 1.87. The highest BCUT2D eigenvalue weighted by Gasteiger charge is 2.33. The van der Waals surface area contributed by atoms with Gasteiger partial charge in [-0.2, -0.15) is 9.29 Å². The summed E-state index contributed by atoms with van der Waals surface area (Å²) in [7, 11) is -3.66. The first-order chi connectivity index (χ1) is 13.4. The number of hydrogen-bond donors (Lipinski definition) is 0. The zero-order valence-electron chi connectivity index (χ0n) is 15.8. The van der Waals surface area contributed by atoms with E-state index < -0.39 is 10.0 Å². The van der Waals surface area contributed by atoms with Crippen LogP contribution < -0.4 is 9.64 Å². The molecule has 1 atom stereocenters. The SMILES string of the molecule is Cc1nc(CN2C(=O)COc3ccc(S(=O)(=O)N4CCCCC4C)cc32)no1. The lowest BCUT2D eigenvalue weighted by Gasteiger charge is -2.33. The van der Waals surface area contributed by atoms with Gasteiger partial charge in [0.25, 0.3) is 5.91 Å². The monoisotopic (exact) mass is 406 g/mol. The van der Waals surface area contributed by atoms with Gasteiger partial charge in [0.05, 0.1) is 17.1 Å². The number of rotatable bonds is 4. The number of aromatic nitrogens is 2. The van der Waals surface area contributed by atoms with Crippen LogP contribution in [0.1, 0.15) is 37.9 Å². The van der Waals surface area contributed by atoms with Gasteiger partial charge in [0.2, 0.25) is 15.9 Å². The Balaban J connectivity index is 1.70. The van der Waals surface area contributed by atoms with Gasteiger partial charge in [-0.3, -0.25) is 9.69 Å². The van der Waals surface area contributed by atoms with Crippen LogP contribution >= 0.6 is 0 Å². The fourth-order valence-corrected chi connectivity index (χ4v) is 5.35. The summed E-state index contributed by atoms with van der Waals surface area (Å²) in [6.45, 7) is 4.04. The molecule has 28 heavy (non-hydrogen) atoms. The van der Waals surface area contributed by atoms with Crippen molar-refractivity contribution >= 4 is 21.6 Å². The number of anilines is 1. The van der Waals surface area contributed by atoms with Crippen molar-refractivity contribution in [2.24, 2.45) is 0 Å². The molecule has 4 rings (SSSR count). The average Bonchev–Trinajstić information content (AvgIpc) is 3.09. The molecular weight excluding hydrogens is 384 g/mol. The lowest BCUT2D eigenvalue weighted by atomic mass is 10.1. The van der Waals surface area contributed by atoms with Gasteiger partial charge in [0.1, 0.15) is 5.75 Å². The van der Waals surface area contributed by atoms with Gasteiger partial charge in [-0.1, -0.05) is 11.6 Å². The van der Waals surface area contributed by atoms with Crippen LogP contribution in [-0.2, 0) is 21.4 Å². The van der Waals surface area contributed by atoms with Crippen LogP contribution in [-0.4, -0.2) is 48.0 Å². The summed E-state index contributed by atoms with van der Waals surface area (Å²) in [6, 6.07) is 4.57. The van der Waals surface area contributed by atoms with Crippen LogP contribution in [0.4, 0.5) is 5.69 Å². The molecule has 2 aromatic rings. The molecule has 10 heteroatoms. The number of ether oxygens (including phenoxy) is 1. The Bertz CT molecular complexity index is 1000. The van der Waals surface area contributed by atoms with E-state index in [-0.39, 0.29) is 30.0 Å². The van der Waals surface area contributed by atoms with Crippen molar-refractivity contribution in [1.29, 1.82) is 0 Å². The largest absolute Gasteiger partial charge is 0.482 e. The fraction of sp³-hybridized carbons (Fsp3) is 0.500. The Morgan fingerprint density at radius 2 is 2.11 bits per heavy atom. The predicted molar refractivity (Wildman–Crippen MR) is 99.4 cm³/mol. The van der Waals surface area contributed by atoms with Crippen LogP contribution in [0.15, 0.2) is 27.6 Å². The lowest BCUT2D eigenvalue weighted by Crippen LogP contribution is -2.42. The van der Waals surface area contributed by atoms with E-state index in [0.717, 1.165) is 19.3 Å². The van der Waals surface area contributed by atoms with E-state index in [1.54, 1.807) is 13.0 Å². The standard InChI is InChI=1S/C18H22N4O5S/c1-12-5-3-4-8-22(12)28(24,25)14-6-7-16-15(9-14)21(18(23)11-26-16)10-17-19-13(2)27-20-17/h6-7,9,12H,3-5,8,10-11H2,1-2H3. The quantitative estimate of drug-likeness (QED) is 0.763. The number of sulfonamides is 1. The normalized spacial score (nSPS) is 20.7. The number of carbonyl (C=O) groups is 1. The molecule has 150 valence electrons. The second kappa shape index (κ2) is 7.17. The molecule has 1 amide bonds. The minimum atomic E-state index is -3.66. The van der Waals surface area contributed by atoms with E-state index in [2.05, 4.69) is 10.1 Å². The Hall–Kier alpha value is -2.46. The van der Waals surface area contributed by atoms with Crippen LogP contribution in [0.3, 0.4) is 0 Å². The van der Waals surface area contributed by atoms with Crippen molar-refractivity contribution in [3.63, 3.8) is 0 Å². The molecule has 0 radical (unpaired) electrons. The fourth-order valence-electron chi connectivity index (χ4n) is 3.63. The third kappa shape index (κ3) is 3.37. The topological polar surface area (TPSA) is 106 Å². The average molecular weight is 406 g/mol. The van der Waals surface area contributed by atoms with Gasteiger partial charge < -0.3 is 9.26 Å². The third-order valence-electron chi connectivity index (χ3n) is 5.09. The number of piperidine rings is 1. The minimum Gasteiger partial charge on any atom is -0.482 e. The zero-order chi connectivity index (χ0) is 19.9. The lowest BCUT2D eigenvalue weighted by molar-refractivity contribution is -0.121. The summed E-state index contributed by atoms with van der Waals surface area (Å²) in [5.41, 5.74) is 0.393. The highest BCUT2D eigenvalue weighted by molar-refractivity contribution is 7.89. The number of amides is 1. The van der Waals surface area contributed by atoms with Crippen molar-refractivity contribution in [3.05, 3.63) is 29.9 Å². The maximum Gasteiger partial charge on any atom is 0.265 e. The maximum absolute atomic E-state index is 13.2. The Kier molecular flexibility index (Phi) is 4.84. The molecular formula is C18H22N4O5S. The summed E-state index contributed by atoms with van der Waals surface area (Å²) in [5, 5.41) is 3.82. The molecule has 0 N–H and O–H groups in total. The molecule has 0 bridgehead atoms. The van der Waals surface area contributed by atoms with Gasteiger partial charge in [-0.15, -0.1) is 0 Å². The smallest absolute Gasteiger partial charge is 0.265 e. The van der Waals surface area contributed by atoms with Crippen LogP contribution in [0.2, 0.25) is 0 Å². The van der Waals surface area contributed by atoms with Gasteiger partial charge >= 0.3 is 0 Å². The van der Waals surface area contributed by atoms with Gasteiger partial charge in [0.15, 0.2) is 12.4 Å². The summed E-state index contributed by atoms with van der Waals surface area (Å²) in [4.78, 5) is 18.1. The minimum absolute atomic E-state index is 0.0499. The Labute approximate surface area is 163 Å². The number of nitrogens with zero attached hydrogens (tertiary/aromatic N) is 4. The first-order valence-electron chi connectivity index (χ1n) is 9.24. The first-order valence-corrected chi connectivity index (χ1v) is 10.7. The summed E-state index contributed by atoms with van der Waals surface area (Å²) >= 11 is 0. The summed E-state index contributed by atoms with van der Waals surface area (Å²) in [6.07, 6.45) is 2.71. The molecule has 2 aliphatic rings. The van der Waals surface area contributed by atoms with E-state index in [1.165, 1.54) is 21.3 Å². The van der Waals surface area contributed by atoms with E-state index in [0.29, 0.717) is 29.7 Å².